The van der Waals surface area contributed by atoms with Crippen LogP contribution in [0.1, 0.15) is 22.8 Å². The Labute approximate surface area is 144 Å². The van der Waals surface area contributed by atoms with Crippen molar-refractivity contribution in [3.05, 3.63) is 71.7 Å². The number of anilines is 1. The van der Waals surface area contributed by atoms with Gasteiger partial charge in [0, 0.05) is 0 Å². The predicted molar refractivity (Wildman–Crippen MR) is 89.5 cm³/mol. The number of ether oxygens (including phenoxy) is 2. The third kappa shape index (κ3) is 5.72. The minimum absolute atomic E-state index is 0.0253. The van der Waals surface area contributed by atoms with Gasteiger partial charge in [0.25, 0.3) is 0 Å². The Bertz CT molecular complexity index is 778. The summed E-state index contributed by atoms with van der Waals surface area (Å²) in [6, 6.07) is 10.2. The van der Waals surface area contributed by atoms with Gasteiger partial charge in [-0.15, -0.1) is 0 Å². The van der Waals surface area contributed by atoms with Crippen LogP contribution < -0.4 is 5.32 Å². The fourth-order valence-corrected chi connectivity index (χ4v) is 1.79. The number of benzene rings is 1. The summed E-state index contributed by atoms with van der Waals surface area (Å²) in [5.41, 5.74) is 1.09. The lowest BCUT2D eigenvalue weighted by Crippen LogP contribution is -2.16. The molecule has 0 bridgehead atoms. The zero-order valence-electron chi connectivity index (χ0n) is 13.6. The Morgan fingerprint density at radius 2 is 1.96 bits per heavy atom. The molecule has 2 rings (SSSR count). The zero-order valence-corrected chi connectivity index (χ0v) is 13.6. The first-order valence-electron chi connectivity index (χ1n) is 7.40. The highest BCUT2D eigenvalue weighted by Crippen LogP contribution is 2.14. The molecule has 130 valence electrons. The third-order valence-corrected chi connectivity index (χ3v) is 2.97. The van der Waals surface area contributed by atoms with Crippen molar-refractivity contribution in [3.63, 3.8) is 0 Å². The summed E-state index contributed by atoms with van der Waals surface area (Å²) in [6.07, 6.45) is 0.0497. The highest BCUT2D eigenvalue weighted by Gasteiger charge is 2.16. The maximum atomic E-state index is 13.7. The summed E-state index contributed by atoms with van der Waals surface area (Å²) in [4.78, 5) is 27.3. The van der Waals surface area contributed by atoms with Crippen molar-refractivity contribution in [1.29, 1.82) is 0 Å². The minimum Gasteiger partial charge on any atom is -0.458 e. The van der Waals surface area contributed by atoms with Gasteiger partial charge in [0.1, 0.15) is 24.6 Å². The van der Waals surface area contributed by atoms with Crippen LogP contribution in [0.3, 0.4) is 0 Å². The molecule has 1 heterocycles. The fourth-order valence-electron chi connectivity index (χ4n) is 1.79. The molecule has 1 aromatic carbocycles. The molecule has 0 spiro atoms. The van der Waals surface area contributed by atoms with E-state index >= 15 is 0 Å². The second kappa shape index (κ2) is 8.58. The average molecular weight is 344 g/mol. The van der Waals surface area contributed by atoms with E-state index in [0.29, 0.717) is 5.57 Å². The lowest BCUT2D eigenvalue weighted by atomic mass is 10.2. The van der Waals surface area contributed by atoms with Crippen LogP contribution >= 0.6 is 0 Å². The molecule has 0 aliphatic heterocycles. The first-order valence-corrected chi connectivity index (χ1v) is 7.40. The molecule has 0 saturated carbocycles. The maximum Gasteiger partial charge on any atom is 0.413 e. The van der Waals surface area contributed by atoms with Gasteiger partial charge in [-0.3, -0.25) is 5.32 Å². The van der Waals surface area contributed by atoms with Crippen molar-refractivity contribution in [2.24, 2.45) is 0 Å². The van der Waals surface area contributed by atoms with Gasteiger partial charge in [-0.2, -0.15) is 0 Å². The average Bonchev–Trinajstić information content (AvgIpc) is 2.60. The lowest BCUT2D eigenvalue weighted by molar-refractivity contribution is 0.0535. The number of rotatable bonds is 6. The number of halogens is 1. The summed E-state index contributed by atoms with van der Waals surface area (Å²) in [5.74, 6) is -1.75. The third-order valence-electron chi connectivity index (χ3n) is 2.97. The molecular formula is C18H17FN2O4. The molecule has 0 aliphatic rings. The van der Waals surface area contributed by atoms with Crippen LogP contribution in [0, 0.1) is 5.82 Å². The fraction of sp³-hybridized carbons (Fsp3) is 0.167. The van der Waals surface area contributed by atoms with Crippen LogP contribution in [0.15, 0.2) is 54.7 Å². The molecule has 1 amide bonds. The van der Waals surface area contributed by atoms with Crippen molar-refractivity contribution in [3.8, 4) is 0 Å². The van der Waals surface area contributed by atoms with Crippen molar-refractivity contribution < 1.29 is 23.5 Å². The zero-order chi connectivity index (χ0) is 18.2. The minimum atomic E-state index is -0.872. The van der Waals surface area contributed by atoms with Gasteiger partial charge in [0.15, 0.2) is 5.82 Å². The first kappa shape index (κ1) is 18.1. The number of carbonyl (C=O) groups is 2. The van der Waals surface area contributed by atoms with Gasteiger partial charge >= 0.3 is 12.1 Å². The number of amides is 1. The SMILES string of the molecule is C=C(C)COC(=O)c1cc(NC(=O)OCc2ccccc2)ncc1F. The van der Waals surface area contributed by atoms with Crippen molar-refractivity contribution in [1.82, 2.24) is 4.98 Å². The highest BCUT2D eigenvalue weighted by molar-refractivity contribution is 5.92. The van der Waals surface area contributed by atoms with Crippen LogP contribution in [0.2, 0.25) is 0 Å². The maximum absolute atomic E-state index is 13.7. The number of hydrogen-bond acceptors (Lipinski definition) is 5. The molecule has 0 fully saturated rings. The molecule has 2 aromatic rings. The molecular weight excluding hydrogens is 327 g/mol. The Hall–Kier alpha value is -3.22. The van der Waals surface area contributed by atoms with Crippen LogP contribution in [-0.4, -0.2) is 23.7 Å². The molecule has 1 N–H and O–H groups in total. The number of nitrogens with zero attached hydrogens (tertiary/aromatic N) is 1. The molecule has 0 radical (unpaired) electrons. The van der Waals surface area contributed by atoms with E-state index in [2.05, 4.69) is 16.9 Å². The van der Waals surface area contributed by atoms with E-state index in [-0.39, 0.29) is 24.6 Å². The van der Waals surface area contributed by atoms with E-state index in [1.807, 2.05) is 18.2 Å². The summed E-state index contributed by atoms with van der Waals surface area (Å²) < 4.78 is 23.6. The molecule has 6 nitrogen and oxygen atoms in total. The van der Waals surface area contributed by atoms with Gasteiger partial charge in [-0.25, -0.2) is 19.0 Å². The Balaban J connectivity index is 1.97. The number of aromatic nitrogens is 1. The Morgan fingerprint density at radius 3 is 2.64 bits per heavy atom. The second-order valence-corrected chi connectivity index (χ2v) is 5.27. The lowest BCUT2D eigenvalue weighted by Gasteiger charge is -2.09. The Kier molecular flexibility index (Phi) is 6.22. The van der Waals surface area contributed by atoms with Gasteiger partial charge < -0.3 is 9.47 Å². The first-order chi connectivity index (χ1) is 12.0. The molecule has 25 heavy (non-hydrogen) atoms. The van der Waals surface area contributed by atoms with Crippen LogP contribution in [-0.2, 0) is 16.1 Å². The number of esters is 1. The smallest absolute Gasteiger partial charge is 0.413 e. The largest absolute Gasteiger partial charge is 0.458 e. The van der Waals surface area contributed by atoms with Crippen LogP contribution in [0.4, 0.5) is 15.0 Å². The molecule has 0 saturated heterocycles. The van der Waals surface area contributed by atoms with E-state index in [4.69, 9.17) is 9.47 Å². The topological polar surface area (TPSA) is 77.5 Å². The van der Waals surface area contributed by atoms with Gasteiger partial charge in [-0.05, 0) is 24.1 Å². The predicted octanol–water partition coefficient (Wildman–Crippen LogP) is 3.70. The van der Waals surface area contributed by atoms with Crippen molar-refractivity contribution in [2.45, 2.75) is 13.5 Å². The van der Waals surface area contributed by atoms with E-state index in [1.54, 1.807) is 19.1 Å². The molecule has 1 aromatic heterocycles. The van der Waals surface area contributed by atoms with Gasteiger partial charge in [0.05, 0.1) is 6.20 Å². The second-order valence-electron chi connectivity index (χ2n) is 5.27. The number of hydrogen-bond donors (Lipinski definition) is 1. The monoisotopic (exact) mass is 344 g/mol. The van der Waals surface area contributed by atoms with Gasteiger partial charge in [-0.1, -0.05) is 36.9 Å². The normalized spacial score (nSPS) is 10.0. The van der Waals surface area contributed by atoms with Crippen molar-refractivity contribution in [2.75, 3.05) is 11.9 Å². The van der Waals surface area contributed by atoms with Crippen LogP contribution in [0.25, 0.3) is 0 Å². The van der Waals surface area contributed by atoms with Crippen molar-refractivity contribution >= 4 is 17.9 Å². The van der Waals surface area contributed by atoms with Crippen LogP contribution in [0.5, 0.6) is 0 Å². The molecule has 0 unspecified atom stereocenters. The molecule has 7 heteroatoms. The number of pyridine rings is 1. The van der Waals surface area contributed by atoms with Gasteiger partial charge in [0.2, 0.25) is 0 Å². The summed E-state index contributed by atoms with van der Waals surface area (Å²) in [6.45, 7) is 5.31. The summed E-state index contributed by atoms with van der Waals surface area (Å²) >= 11 is 0. The standard InChI is InChI=1S/C18H17FN2O4/c1-12(2)10-24-17(22)14-8-16(20-9-15(14)19)21-18(23)25-11-13-6-4-3-5-7-13/h3-9H,1,10-11H2,2H3,(H,20,21,23). The molecule has 0 aliphatic carbocycles. The van der Waals surface area contributed by atoms with E-state index in [0.717, 1.165) is 17.8 Å². The van der Waals surface area contributed by atoms with E-state index in [9.17, 15) is 14.0 Å². The quantitative estimate of drug-likeness (QED) is 0.638. The summed E-state index contributed by atoms with van der Waals surface area (Å²) in [5, 5.41) is 2.34. The highest BCUT2D eigenvalue weighted by atomic mass is 19.1. The number of carbonyl (C=O) groups excluding carboxylic acids is 2. The Morgan fingerprint density at radius 1 is 1.24 bits per heavy atom. The van der Waals surface area contributed by atoms with E-state index < -0.39 is 17.9 Å². The summed E-state index contributed by atoms with van der Waals surface area (Å²) in [7, 11) is 0. The van der Waals surface area contributed by atoms with E-state index in [1.165, 1.54) is 0 Å². The molecule has 0 atom stereocenters. The number of nitrogens with one attached hydrogen (secondary N) is 1.